The molecule has 1 saturated carbocycles. The lowest BCUT2D eigenvalue weighted by Gasteiger charge is -2.26. The summed E-state index contributed by atoms with van der Waals surface area (Å²) in [5.74, 6) is 2.23. The first-order chi connectivity index (χ1) is 11.7. The molecule has 1 aromatic heterocycles. The van der Waals surface area contributed by atoms with Crippen molar-refractivity contribution >= 4 is 6.21 Å². The molecule has 1 fully saturated rings. The van der Waals surface area contributed by atoms with Gasteiger partial charge in [-0.05, 0) is 31.0 Å². The molecular weight excluding hydrogens is 316 g/mol. The highest BCUT2D eigenvalue weighted by molar-refractivity contribution is 5.76. The second kappa shape index (κ2) is 6.23. The van der Waals surface area contributed by atoms with Crippen LogP contribution in [0.1, 0.15) is 49.8 Å². The topological polar surface area (TPSA) is 64.3 Å². The van der Waals surface area contributed by atoms with E-state index in [2.05, 4.69) is 38.1 Å². The van der Waals surface area contributed by atoms with Crippen molar-refractivity contribution < 1.29 is 13.5 Å². The van der Waals surface area contributed by atoms with Gasteiger partial charge in [0.05, 0.1) is 18.4 Å². The van der Waals surface area contributed by atoms with Crippen LogP contribution in [-0.4, -0.2) is 46.3 Å². The van der Waals surface area contributed by atoms with E-state index in [-0.39, 0.29) is 24.2 Å². The third-order valence-corrected chi connectivity index (χ3v) is 5.25. The van der Waals surface area contributed by atoms with E-state index in [4.69, 9.17) is 4.74 Å². The molecule has 3 aliphatic rings. The highest BCUT2D eigenvalue weighted by Gasteiger charge is 2.41. The second-order valence-corrected chi connectivity index (χ2v) is 6.62. The van der Waals surface area contributed by atoms with E-state index in [1.165, 1.54) is 0 Å². The van der Waals surface area contributed by atoms with Gasteiger partial charge in [-0.3, -0.25) is 9.56 Å². The van der Waals surface area contributed by atoms with Crippen LogP contribution in [0.3, 0.4) is 0 Å². The van der Waals surface area contributed by atoms with Crippen LogP contribution in [0.5, 0.6) is 0 Å². The molecule has 0 bridgehead atoms. The van der Waals surface area contributed by atoms with Crippen LogP contribution in [0.2, 0.25) is 0 Å². The van der Waals surface area contributed by atoms with Crippen molar-refractivity contribution in [2.24, 2.45) is 10.9 Å². The number of halogens is 2. The van der Waals surface area contributed by atoms with Crippen LogP contribution in [0, 0.1) is 5.92 Å². The molecule has 130 valence electrons. The predicted molar refractivity (Wildman–Crippen MR) is 84.2 cm³/mol. The van der Waals surface area contributed by atoms with Crippen LogP contribution < -0.4 is 5.32 Å². The van der Waals surface area contributed by atoms with Gasteiger partial charge in [-0.2, -0.15) is 0 Å². The maximum Gasteiger partial charge on any atom is 0.261 e. The molecule has 1 aliphatic carbocycles. The van der Waals surface area contributed by atoms with Gasteiger partial charge in [0.1, 0.15) is 18.6 Å². The molecule has 2 unspecified atom stereocenters. The Hall–Kier alpha value is -1.83. The molecule has 3 heterocycles. The predicted octanol–water partition coefficient (Wildman–Crippen LogP) is 2.25. The lowest BCUT2D eigenvalue weighted by atomic mass is 9.92. The first-order valence-electron chi connectivity index (χ1n) is 8.47. The zero-order valence-corrected chi connectivity index (χ0v) is 13.5. The molecule has 4 rings (SSSR count). The number of nitrogens with one attached hydrogen (secondary N) is 1. The van der Waals surface area contributed by atoms with Gasteiger partial charge in [-0.25, -0.2) is 8.78 Å². The van der Waals surface area contributed by atoms with Crippen molar-refractivity contribution in [3.8, 4) is 0 Å². The Labute approximate surface area is 139 Å². The number of aromatic nitrogens is 3. The van der Waals surface area contributed by atoms with Gasteiger partial charge in [0.25, 0.3) is 6.43 Å². The van der Waals surface area contributed by atoms with Crippen LogP contribution >= 0.6 is 0 Å². The summed E-state index contributed by atoms with van der Waals surface area (Å²) in [7, 11) is 0. The summed E-state index contributed by atoms with van der Waals surface area (Å²) in [5.41, 5.74) is 0. The summed E-state index contributed by atoms with van der Waals surface area (Å²) < 4.78 is 32.4. The average molecular weight is 337 g/mol. The fourth-order valence-corrected chi connectivity index (χ4v) is 4.11. The Kier molecular flexibility index (Phi) is 4.07. The van der Waals surface area contributed by atoms with Crippen LogP contribution in [-0.2, 0) is 4.74 Å². The lowest BCUT2D eigenvalue weighted by Crippen LogP contribution is -2.33. The molecule has 5 atom stereocenters. The molecule has 24 heavy (non-hydrogen) atoms. The molecular formula is C16H21F2N5O. The van der Waals surface area contributed by atoms with Crippen molar-refractivity contribution in [3.63, 3.8) is 0 Å². The molecule has 6 nitrogen and oxygen atoms in total. The van der Waals surface area contributed by atoms with Crippen molar-refractivity contribution in [1.82, 2.24) is 20.1 Å². The largest absolute Gasteiger partial charge is 0.372 e. The zero-order valence-electron chi connectivity index (χ0n) is 13.5. The van der Waals surface area contributed by atoms with E-state index in [1.807, 2.05) is 6.20 Å². The highest BCUT2D eigenvalue weighted by Crippen LogP contribution is 2.43. The summed E-state index contributed by atoms with van der Waals surface area (Å²) in [4.78, 5) is 4.45. The Morgan fingerprint density at radius 2 is 2.25 bits per heavy atom. The van der Waals surface area contributed by atoms with Crippen molar-refractivity contribution in [2.75, 3.05) is 6.61 Å². The smallest absolute Gasteiger partial charge is 0.261 e. The fraction of sp³-hybridized carbons (Fsp3) is 0.688. The van der Waals surface area contributed by atoms with Crippen LogP contribution in [0.15, 0.2) is 17.3 Å². The van der Waals surface area contributed by atoms with Gasteiger partial charge >= 0.3 is 0 Å². The number of ether oxygens (including phenoxy) is 1. The fourth-order valence-electron chi connectivity index (χ4n) is 4.11. The van der Waals surface area contributed by atoms with Gasteiger partial charge in [0.15, 0.2) is 5.82 Å². The number of hydrogen-bond donors (Lipinski definition) is 1. The number of fused-ring (bicyclic) bond motifs is 3. The quantitative estimate of drug-likeness (QED) is 0.895. The second-order valence-electron chi connectivity index (χ2n) is 6.62. The minimum atomic E-state index is -2.42. The molecule has 0 spiro atoms. The Bertz CT molecular complexity index is 659. The molecule has 2 aliphatic heterocycles. The van der Waals surface area contributed by atoms with Gasteiger partial charge < -0.3 is 10.1 Å². The third kappa shape index (κ3) is 2.62. The van der Waals surface area contributed by atoms with Gasteiger partial charge in [0.2, 0.25) is 0 Å². The standard InChI is InChI=1S/C16H21F2N5O/c1-2-9-5-10(24-8-13(17)18)6-11(9)16-22-21-14-7-20-15-12(23(14)16)3-4-19-15/h3-4,7,9-13,15,19H,2,5-6,8H2,1H3/t9-,10+,11+,12?,15?/m1/s1. The molecule has 0 radical (unpaired) electrons. The maximum absolute atomic E-state index is 12.4. The van der Waals surface area contributed by atoms with E-state index < -0.39 is 13.0 Å². The van der Waals surface area contributed by atoms with Crippen LogP contribution in [0.25, 0.3) is 0 Å². The number of aliphatic imine (C=N–C) groups is 1. The third-order valence-electron chi connectivity index (χ3n) is 5.25. The van der Waals surface area contributed by atoms with Gasteiger partial charge in [-0.1, -0.05) is 13.3 Å². The van der Waals surface area contributed by atoms with E-state index in [1.54, 1.807) is 6.21 Å². The number of hydrogen-bond acceptors (Lipinski definition) is 5. The number of rotatable bonds is 5. The summed E-state index contributed by atoms with van der Waals surface area (Å²) >= 11 is 0. The van der Waals surface area contributed by atoms with Crippen molar-refractivity contribution in [3.05, 3.63) is 23.9 Å². The first-order valence-corrected chi connectivity index (χ1v) is 8.47. The minimum Gasteiger partial charge on any atom is -0.372 e. The van der Waals surface area contributed by atoms with Crippen molar-refractivity contribution in [2.45, 2.75) is 56.8 Å². The van der Waals surface area contributed by atoms with Gasteiger partial charge in [-0.15, -0.1) is 10.2 Å². The normalized spacial score (nSPS) is 33.8. The van der Waals surface area contributed by atoms with E-state index in [0.717, 1.165) is 30.9 Å². The molecule has 0 aromatic carbocycles. The average Bonchev–Trinajstić information content (AvgIpc) is 3.28. The number of nitrogens with zero attached hydrogens (tertiary/aromatic N) is 4. The maximum atomic E-state index is 12.4. The SMILES string of the molecule is CC[C@@H]1C[C@H](OCC(F)F)C[C@@H]1c1nnc2n1C1C=CNC1N=C2. The monoisotopic (exact) mass is 337 g/mol. The molecule has 1 N–H and O–H groups in total. The van der Waals surface area contributed by atoms with E-state index in [9.17, 15) is 8.78 Å². The molecule has 0 saturated heterocycles. The molecule has 0 amide bonds. The first kappa shape index (κ1) is 15.7. The van der Waals surface area contributed by atoms with Crippen molar-refractivity contribution in [1.29, 1.82) is 0 Å². The van der Waals surface area contributed by atoms with Gasteiger partial charge in [0, 0.05) is 5.92 Å². The van der Waals surface area contributed by atoms with E-state index in [0.29, 0.717) is 5.92 Å². The molecule has 8 heteroatoms. The lowest BCUT2D eigenvalue weighted by molar-refractivity contribution is -0.0228. The Morgan fingerprint density at radius 3 is 3.04 bits per heavy atom. The van der Waals surface area contributed by atoms with E-state index >= 15 is 0 Å². The Balaban J connectivity index is 1.59. The summed E-state index contributed by atoms with van der Waals surface area (Å²) in [6, 6.07) is 0.0774. The van der Waals surface area contributed by atoms with Crippen LogP contribution in [0.4, 0.5) is 8.78 Å². The summed E-state index contributed by atoms with van der Waals surface area (Å²) in [6.07, 6.45) is 5.64. The Morgan fingerprint density at radius 1 is 1.38 bits per heavy atom. The number of alkyl halides is 2. The minimum absolute atomic E-state index is 0.0142. The summed E-state index contributed by atoms with van der Waals surface area (Å²) in [5, 5.41) is 11.9. The highest BCUT2D eigenvalue weighted by atomic mass is 19.3. The summed E-state index contributed by atoms with van der Waals surface area (Å²) in [6.45, 7) is 1.64. The zero-order chi connectivity index (χ0) is 16.7. The molecule has 1 aromatic rings.